The second-order valence-electron chi connectivity index (χ2n) is 4.29. The first-order chi connectivity index (χ1) is 8.77. The second-order valence-corrected chi connectivity index (χ2v) is 5.27. The van der Waals surface area contributed by atoms with E-state index in [1.807, 2.05) is 12.3 Å². The maximum atomic E-state index is 12.0. The van der Waals surface area contributed by atoms with Crippen molar-refractivity contribution in [3.63, 3.8) is 0 Å². The van der Waals surface area contributed by atoms with Gasteiger partial charge in [-0.15, -0.1) is 11.3 Å². The minimum absolute atomic E-state index is 0.0785. The summed E-state index contributed by atoms with van der Waals surface area (Å²) < 4.78 is 5.28. The van der Waals surface area contributed by atoms with Crippen LogP contribution in [0.5, 0.6) is 0 Å². The van der Waals surface area contributed by atoms with Crippen LogP contribution in [0.4, 0.5) is 0 Å². The number of hydrogen-bond donors (Lipinski definition) is 1. The van der Waals surface area contributed by atoms with Gasteiger partial charge >= 0.3 is 0 Å². The summed E-state index contributed by atoms with van der Waals surface area (Å²) in [7, 11) is 0. The Labute approximate surface area is 111 Å². The topological polar surface area (TPSA) is 54.5 Å². The molecule has 1 aromatic heterocycles. The van der Waals surface area contributed by atoms with Crippen molar-refractivity contribution in [1.29, 1.82) is 0 Å². The Morgan fingerprint density at radius 3 is 3.06 bits per heavy atom. The van der Waals surface area contributed by atoms with E-state index in [1.165, 1.54) is 0 Å². The molecule has 0 aliphatic carbocycles. The fourth-order valence-corrected chi connectivity index (χ4v) is 2.57. The molecule has 0 aromatic carbocycles. The number of rotatable bonds is 5. The molecule has 1 aliphatic rings. The summed E-state index contributed by atoms with van der Waals surface area (Å²) in [5.74, 6) is 0.0912. The van der Waals surface area contributed by atoms with Crippen molar-refractivity contribution in [2.75, 3.05) is 32.8 Å². The van der Waals surface area contributed by atoms with Crippen LogP contribution >= 0.6 is 11.3 Å². The Kier molecular flexibility index (Phi) is 5.10. The second kappa shape index (κ2) is 6.82. The van der Waals surface area contributed by atoms with Crippen LogP contribution in [0.2, 0.25) is 0 Å². The third-order valence-electron chi connectivity index (χ3n) is 3.09. The van der Waals surface area contributed by atoms with Crippen LogP contribution < -0.4 is 5.32 Å². The molecule has 1 unspecified atom stereocenters. The molecule has 6 heteroatoms. The molecule has 1 N–H and O–H groups in total. The smallest absolute Gasteiger partial charge is 0.237 e. The summed E-state index contributed by atoms with van der Waals surface area (Å²) in [5.41, 5.74) is 0. The quantitative estimate of drug-likeness (QED) is 0.847. The zero-order chi connectivity index (χ0) is 12.8. The van der Waals surface area contributed by atoms with Crippen molar-refractivity contribution < 1.29 is 9.53 Å². The summed E-state index contributed by atoms with van der Waals surface area (Å²) in [5, 5.41) is 5.98. The molecular weight excluding hydrogens is 250 g/mol. The number of carbonyl (C=O) groups excluding carboxylic acids is 1. The Bertz CT molecular complexity index is 363. The van der Waals surface area contributed by atoms with E-state index in [0.29, 0.717) is 6.54 Å². The molecule has 0 saturated carbocycles. The Hall–Kier alpha value is -0.980. The van der Waals surface area contributed by atoms with E-state index in [4.69, 9.17) is 4.74 Å². The van der Waals surface area contributed by atoms with E-state index < -0.39 is 0 Å². The Morgan fingerprint density at radius 1 is 1.61 bits per heavy atom. The summed E-state index contributed by atoms with van der Waals surface area (Å²) in [6.07, 6.45) is 2.59. The maximum Gasteiger partial charge on any atom is 0.237 e. The highest BCUT2D eigenvalue weighted by molar-refractivity contribution is 7.09. The normalized spacial score (nSPS) is 18.5. The van der Waals surface area contributed by atoms with Crippen LogP contribution in [-0.4, -0.2) is 54.7 Å². The third-order valence-corrected chi connectivity index (χ3v) is 3.93. The minimum Gasteiger partial charge on any atom is -0.379 e. The zero-order valence-electron chi connectivity index (χ0n) is 10.6. The van der Waals surface area contributed by atoms with Gasteiger partial charge in [-0.05, 0) is 6.92 Å². The van der Waals surface area contributed by atoms with Gasteiger partial charge in [0.05, 0.1) is 24.3 Å². The fourth-order valence-electron chi connectivity index (χ4n) is 1.95. The largest absolute Gasteiger partial charge is 0.379 e. The van der Waals surface area contributed by atoms with Crippen LogP contribution in [0.25, 0.3) is 0 Å². The molecule has 1 atom stereocenters. The standard InChI is InChI=1S/C12H19N3O2S/c1-10(15-5-7-17-8-6-15)12(16)14-3-2-11-13-4-9-18-11/h4,9-10H,2-3,5-8H2,1H3,(H,14,16). The first-order valence-corrected chi connectivity index (χ1v) is 7.13. The lowest BCUT2D eigenvalue weighted by molar-refractivity contribution is -0.127. The molecule has 5 nitrogen and oxygen atoms in total. The highest BCUT2D eigenvalue weighted by Crippen LogP contribution is 2.05. The minimum atomic E-state index is -0.0785. The summed E-state index contributed by atoms with van der Waals surface area (Å²) in [6.45, 7) is 5.71. The van der Waals surface area contributed by atoms with Crippen molar-refractivity contribution in [3.05, 3.63) is 16.6 Å². The van der Waals surface area contributed by atoms with Gasteiger partial charge in [0, 0.05) is 37.6 Å². The summed E-state index contributed by atoms with van der Waals surface area (Å²) >= 11 is 1.62. The lowest BCUT2D eigenvalue weighted by Crippen LogP contribution is -2.49. The molecule has 2 rings (SSSR count). The molecule has 0 radical (unpaired) electrons. The molecule has 1 saturated heterocycles. The lowest BCUT2D eigenvalue weighted by Gasteiger charge is -2.31. The van der Waals surface area contributed by atoms with Gasteiger partial charge in [0.1, 0.15) is 0 Å². The van der Waals surface area contributed by atoms with Crippen molar-refractivity contribution in [1.82, 2.24) is 15.2 Å². The van der Waals surface area contributed by atoms with Crippen molar-refractivity contribution in [2.24, 2.45) is 0 Å². The SMILES string of the molecule is CC(C(=O)NCCc1nccs1)N1CCOCC1. The number of amides is 1. The average molecular weight is 269 g/mol. The van der Waals surface area contributed by atoms with Crippen molar-refractivity contribution in [3.8, 4) is 0 Å². The van der Waals surface area contributed by atoms with Crippen molar-refractivity contribution >= 4 is 17.2 Å². The first-order valence-electron chi connectivity index (χ1n) is 6.25. The first kappa shape index (κ1) is 13.5. The fraction of sp³-hybridized carbons (Fsp3) is 0.667. The van der Waals surface area contributed by atoms with E-state index in [1.54, 1.807) is 17.5 Å². The maximum absolute atomic E-state index is 12.0. The van der Waals surface area contributed by atoms with E-state index in [9.17, 15) is 4.79 Å². The van der Waals surface area contributed by atoms with Gasteiger partial charge < -0.3 is 10.1 Å². The van der Waals surface area contributed by atoms with E-state index in [0.717, 1.165) is 37.7 Å². The van der Waals surface area contributed by atoms with Crippen LogP contribution in [0.15, 0.2) is 11.6 Å². The van der Waals surface area contributed by atoms with Gasteiger partial charge in [-0.2, -0.15) is 0 Å². The van der Waals surface area contributed by atoms with E-state index in [-0.39, 0.29) is 11.9 Å². The van der Waals surface area contributed by atoms with E-state index in [2.05, 4.69) is 15.2 Å². The monoisotopic (exact) mass is 269 g/mol. The molecule has 18 heavy (non-hydrogen) atoms. The number of thiazole rings is 1. The third kappa shape index (κ3) is 3.76. The molecule has 0 spiro atoms. The number of morpholine rings is 1. The Balaban J connectivity index is 1.70. The zero-order valence-corrected chi connectivity index (χ0v) is 11.4. The summed E-state index contributed by atoms with van der Waals surface area (Å²) in [6, 6.07) is -0.0785. The van der Waals surface area contributed by atoms with Gasteiger partial charge in [0.25, 0.3) is 0 Å². The molecule has 1 fully saturated rings. The van der Waals surface area contributed by atoms with Crippen LogP contribution in [0.3, 0.4) is 0 Å². The number of nitrogens with one attached hydrogen (secondary N) is 1. The van der Waals surface area contributed by atoms with Crippen LogP contribution in [0, 0.1) is 0 Å². The van der Waals surface area contributed by atoms with Gasteiger partial charge in [0.2, 0.25) is 5.91 Å². The predicted octanol–water partition coefficient (Wildman–Crippen LogP) is 0.522. The Morgan fingerprint density at radius 2 is 2.39 bits per heavy atom. The van der Waals surface area contributed by atoms with Gasteiger partial charge in [-0.3, -0.25) is 9.69 Å². The number of hydrogen-bond acceptors (Lipinski definition) is 5. The molecule has 1 aromatic rings. The van der Waals surface area contributed by atoms with Crippen LogP contribution in [-0.2, 0) is 16.0 Å². The molecule has 1 aliphatic heterocycles. The number of aromatic nitrogens is 1. The number of ether oxygens (including phenoxy) is 1. The number of carbonyl (C=O) groups is 1. The summed E-state index contributed by atoms with van der Waals surface area (Å²) in [4.78, 5) is 18.3. The highest BCUT2D eigenvalue weighted by atomic mass is 32.1. The lowest BCUT2D eigenvalue weighted by atomic mass is 10.2. The van der Waals surface area contributed by atoms with Gasteiger partial charge in [0.15, 0.2) is 0 Å². The number of nitrogens with zero attached hydrogens (tertiary/aromatic N) is 2. The van der Waals surface area contributed by atoms with Gasteiger partial charge in [-0.1, -0.05) is 0 Å². The molecular formula is C12H19N3O2S. The van der Waals surface area contributed by atoms with E-state index >= 15 is 0 Å². The average Bonchev–Trinajstić information content (AvgIpc) is 2.92. The molecule has 1 amide bonds. The molecule has 100 valence electrons. The van der Waals surface area contributed by atoms with Gasteiger partial charge in [-0.25, -0.2) is 4.98 Å². The predicted molar refractivity (Wildman–Crippen MR) is 70.7 cm³/mol. The molecule has 0 bridgehead atoms. The highest BCUT2D eigenvalue weighted by Gasteiger charge is 2.22. The van der Waals surface area contributed by atoms with Crippen LogP contribution in [0.1, 0.15) is 11.9 Å². The molecule has 2 heterocycles. The van der Waals surface area contributed by atoms with Crippen molar-refractivity contribution in [2.45, 2.75) is 19.4 Å².